The van der Waals surface area contributed by atoms with Gasteiger partial charge in [0.25, 0.3) is 0 Å². The fourth-order valence-corrected chi connectivity index (χ4v) is 4.37. The number of allylic oxidation sites excluding steroid dienone is 1. The molecule has 1 aliphatic heterocycles. The minimum atomic E-state index is 0.624. The molecule has 0 N–H and O–H groups in total. The standard InChI is InChI=1S/C16H19ClS/c17-13-8-9-14(16-7-4-10-18-16)15(11-13)12-5-2-1-3-6-12/h4,8-12,16H,1-3,5-7H2. The summed E-state index contributed by atoms with van der Waals surface area (Å²) < 4.78 is 0. The van der Waals surface area contributed by atoms with E-state index in [4.69, 9.17) is 11.6 Å². The first kappa shape index (κ1) is 12.6. The highest BCUT2D eigenvalue weighted by Crippen LogP contribution is 2.44. The van der Waals surface area contributed by atoms with E-state index in [-0.39, 0.29) is 0 Å². The lowest BCUT2D eigenvalue weighted by molar-refractivity contribution is 0.441. The molecule has 1 unspecified atom stereocenters. The Kier molecular flexibility index (Phi) is 4.00. The van der Waals surface area contributed by atoms with E-state index in [2.05, 4.69) is 29.7 Å². The maximum atomic E-state index is 6.22. The second-order valence-electron chi connectivity index (χ2n) is 5.34. The lowest BCUT2D eigenvalue weighted by Crippen LogP contribution is -2.08. The van der Waals surface area contributed by atoms with Gasteiger partial charge < -0.3 is 0 Å². The van der Waals surface area contributed by atoms with E-state index in [1.165, 1.54) is 49.7 Å². The molecule has 1 fully saturated rings. The molecule has 2 aliphatic rings. The van der Waals surface area contributed by atoms with Crippen LogP contribution in [0.25, 0.3) is 0 Å². The van der Waals surface area contributed by atoms with E-state index in [0.717, 1.165) is 10.9 Å². The molecular formula is C16H19ClS. The smallest absolute Gasteiger partial charge is 0.0409 e. The van der Waals surface area contributed by atoms with Crippen LogP contribution in [-0.4, -0.2) is 0 Å². The molecule has 1 heterocycles. The van der Waals surface area contributed by atoms with Crippen molar-refractivity contribution in [2.45, 2.75) is 49.7 Å². The van der Waals surface area contributed by atoms with Crippen LogP contribution in [0, 0.1) is 0 Å². The molecule has 0 aromatic heterocycles. The van der Waals surface area contributed by atoms with E-state index in [9.17, 15) is 0 Å². The highest BCUT2D eigenvalue weighted by atomic mass is 35.5. The van der Waals surface area contributed by atoms with E-state index in [1.807, 2.05) is 11.8 Å². The molecule has 0 amide bonds. The Morgan fingerprint density at radius 2 is 1.89 bits per heavy atom. The molecule has 3 rings (SSSR count). The molecular weight excluding hydrogens is 260 g/mol. The van der Waals surface area contributed by atoms with Gasteiger partial charge in [-0.15, -0.1) is 11.8 Å². The van der Waals surface area contributed by atoms with Crippen LogP contribution in [0.2, 0.25) is 5.02 Å². The van der Waals surface area contributed by atoms with E-state index in [0.29, 0.717) is 5.25 Å². The summed E-state index contributed by atoms with van der Waals surface area (Å²) in [5.41, 5.74) is 3.06. The Morgan fingerprint density at radius 3 is 2.61 bits per heavy atom. The monoisotopic (exact) mass is 278 g/mol. The first-order valence-electron chi connectivity index (χ1n) is 6.94. The molecule has 2 heteroatoms. The van der Waals surface area contributed by atoms with Crippen molar-refractivity contribution in [1.29, 1.82) is 0 Å². The Hall–Kier alpha value is -0.400. The normalized spacial score (nSPS) is 24.6. The largest absolute Gasteiger partial charge is 0.126 e. The first-order chi connectivity index (χ1) is 8.84. The van der Waals surface area contributed by atoms with Gasteiger partial charge in [-0.05, 0) is 53.8 Å². The predicted octanol–water partition coefficient (Wildman–Crippen LogP) is 6.08. The van der Waals surface area contributed by atoms with Crippen LogP contribution in [0.5, 0.6) is 0 Å². The Labute approximate surface area is 119 Å². The van der Waals surface area contributed by atoms with Gasteiger partial charge in [-0.1, -0.05) is 43.0 Å². The third-order valence-electron chi connectivity index (χ3n) is 4.13. The summed E-state index contributed by atoms with van der Waals surface area (Å²) >= 11 is 8.18. The number of halogens is 1. The molecule has 0 bridgehead atoms. The van der Waals surface area contributed by atoms with Crippen molar-refractivity contribution in [1.82, 2.24) is 0 Å². The lowest BCUT2D eigenvalue weighted by atomic mass is 9.81. The van der Waals surface area contributed by atoms with Crippen molar-refractivity contribution < 1.29 is 0 Å². The Bertz CT molecular complexity index is 438. The van der Waals surface area contributed by atoms with Crippen LogP contribution in [-0.2, 0) is 0 Å². The van der Waals surface area contributed by atoms with Gasteiger partial charge in [-0.3, -0.25) is 0 Å². The summed E-state index contributed by atoms with van der Waals surface area (Å²) in [4.78, 5) is 0. The summed E-state index contributed by atoms with van der Waals surface area (Å²) in [6, 6.07) is 6.55. The molecule has 0 spiro atoms. The SMILES string of the molecule is Clc1ccc(C2CC=CS2)c(C2CCCCC2)c1. The summed E-state index contributed by atoms with van der Waals surface area (Å²) in [6.45, 7) is 0. The summed E-state index contributed by atoms with van der Waals surface area (Å²) in [7, 11) is 0. The molecule has 18 heavy (non-hydrogen) atoms. The maximum absolute atomic E-state index is 6.22. The summed E-state index contributed by atoms with van der Waals surface area (Å²) in [5, 5.41) is 3.76. The van der Waals surface area contributed by atoms with E-state index >= 15 is 0 Å². The lowest BCUT2D eigenvalue weighted by Gasteiger charge is -2.26. The molecule has 1 aromatic carbocycles. The minimum absolute atomic E-state index is 0.624. The van der Waals surface area contributed by atoms with Crippen LogP contribution in [0.1, 0.15) is 60.8 Å². The number of rotatable bonds is 2. The Balaban J connectivity index is 1.91. The minimum Gasteiger partial charge on any atom is -0.126 e. The highest BCUT2D eigenvalue weighted by molar-refractivity contribution is 8.02. The molecule has 0 nitrogen and oxygen atoms in total. The van der Waals surface area contributed by atoms with Gasteiger partial charge >= 0.3 is 0 Å². The average Bonchev–Trinajstić information content (AvgIpc) is 2.93. The van der Waals surface area contributed by atoms with Gasteiger partial charge in [0.15, 0.2) is 0 Å². The second-order valence-corrected chi connectivity index (χ2v) is 6.89. The zero-order chi connectivity index (χ0) is 12.4. The maximum Gasteiger partial charge on any atom is 0.0409 e. The van der Waals surface area contributed by atoms with Gasteiger partial charge in [-0.2, -0.15) is 0 Å². The number of hydrogen-bond donors (Lipinski definition) is 0. The predicted molar refractivity (Wildman–Crippen MR) is 81.4 cm³/mol. The van der Waals surface area contributed by atoms with Crippen molar-refractivity contribution >= 4 is 23.4 Å². The molecule has 1 aromatic rings. The highest BCUT2D eigenvalue weighted by Gasteiger charge is 2.23. The summed E-state index contributed by atoms with van der Waals surface area (Å²) in [5.74, 6) is 0.744. The van der Waals surface area contributed by atoms with Crippen molar-refractivity contribution in [3.8, 4) is 0 Å². The second kappa shape index (κ2) is 5.71. The van der Waals surface area contributed by atoms with Crippen molar-refractivity contribution in [3.63, 3.8) is 0 Å². The van der Waals surface area contributed by atoms with Crippen LogP contribution in [0.15, 0.2) is 29.7 Å². The zero-order valence-corrected chi connectivity index (χ0v) is 12.1. The van der Waals surface area contributed by atoms with Crippen molar-refractivity contribution in [3.05, 3.63) is 45.8 Å². The van der Waals surface area contributed by atoms with Crippen LogP contribution < -0.4 is 0 Å². The van der Waals surface area contributed by atoms with E-state index in [1.54, 1.807) is 0 Å². The zero-order valence-electron chi connectivity index (χ0n) is 10.6. The van der Waals surface area contributed by atoms with Crippen molar-refractivity contribution in [2.24, 2.45) is 0 Å². The van der Waals surface area contributed by atoms with Gasteiger partial charge in [0.05, 0.1) is 0 Å². The van der Waals surface area contributed by atoms with E-state index < -0.39 is 0 Å². The topological polar surface area (TPSA) is 0 Å². The Morgan fingerprint density at radius 1 is 1.06 bits per heavy atom. The number of benzene rings is 1. The first-order valence-corrected chi connectivity index (χ1v) is 8.26. The molecule has 1 atom stereocenters. The third-order valence-corrected chi connectivity index (χ3v) is 5.49. The van der Waals surface area contributed by atoms with Crippen LogP contribution in [0.4, 0.5) is 0 Å². The van der Waals surface area contributed by atoms with Gasteiger partial charge in [0, 0.05) is 10.3 Å². The summed E-state index contributed by atoms with van der Waals surface area (Å²) in [6.07, 6.45) is 10.3. The van der Waals surface area contributed by atoms with Crippen molar-refractivity contribution in [2.75, 3.05) is 0 Å². The quantitative estimate of drug-likeness (QED) is 0.632. The average molecular weight is 279 g/mol. The number of hydrogen-bond acceptors (Lipinski definition) is 1. The van der Waals surface area contributed by atoms with Gasteiger partial charge in [0.2, 0.25) is 0 Å². The number of thioether (sulfide) groups is 1. The fraction of sp³-hybridized carbons (Fsp3) is 0.500. The molecule has 1 saturated carbocycles. The molecule has 96 valence electrons. The van der Waals surface area contributed by atoms with Gasteiger partial charge in [-0.25, -0.2) is 0 Å². The fourth-order valence-electron chi connectivity index (χ4n) is 3.19. The molecule has 0 radical (unpaired) electrons. The van der Waals surface area contributed by atoms with Crippen LogP contribution in [0.3, 0.4) is 0 Å². The van der Waals surface area contributed by atoms with Gasteiger partial charge in [0.1, 0.15) is 0 Å². The molecule has 1 aliphatic carbocycles. The third kappa shape index (κ3) is 2.62. The van der Waals surface area contributed by atoms with Crippen LogP contribution >= 0.6 is 23.4 Å². The molecule has 0 saturated heterocycles.